The highest BCUT2D eigenvalue weighted by atomic mass is 33.1. The highest BCUT2D eigenvalue weighted by molar-refractivity contribution is 8.76. The Morgan fingerprint density at radius 1 is 1.42 bits per heavy atom. The fraction of sp³-hybridized carbons (Fsp3) is 0.636. The molecule has 0 spiro atoms. The summed E-state index contributed by atoms with van der Waals surface area (Å²) < 4.78 is 4.78. The van der Waals surface area contributed by atoms with Gasteiger partial charge in [-0.15, -0.1) is 6.58 Å². The van der Waals surface area contributed by atoms with Crippen molar-refractivity contribution in [2.45, 2.75) is 13.8 Å². The van der Waals surface area contributed by atoms with Crippen LogP contribution in [0.2, 0.25) is 0 Å². The predicted molar refractivity (Wildman–Crippen MR) is 80.7 cm³/mol. The van der Waals surface area contributed by atoms with Crippen molar-refractivity contribution >= 4 is 33.6 Å². The van der Waals surface area contributed by atoms with Crippen LogP contribution in [0.4, 0.5) is 4.79 Å². The summed E-state index contributed by atoms with van der Waals surface area (Å²) in [5.74, 6) is 0.315. The van der Waals surface area contributed by atoms with Crippen molar-refractivity contribution in [3.8, 4) is 0 Å². The summed E-state index contributed by atoms with van der Waals surface area (Å²) in [6.45, 7) is 7.11. The molecule has 0 saturated heterocycles. The molecule has 3 N–H and O–H groups in total. The van der Waals surface area contributed by atoms with Crippen LogP contribution in [-0.2, 0) is 9.53 Å². The van der Waals surface area contributed by atoms with Gasteiger partial charge in [0.25, 0.3) is 0 Å². The van der Waals surface area contributed by atoms with E-state index < -0.39 is 6.09 Å². The molecular formula is C11H22N2O4S2. The lowest BCUT2D eigenvalue weighted by atomic mass is 10.2. The summed E-state index contributed by atoms with van der Waals surface area (Å²) in [7, 11) is 3.21. The van der Waals surface area contributed by atoms with Gasteiger partial charge in [-0.1, -0.05) is 41.5 Å². The second-order valence-corrected chi connectivity index (χ2v) is 6.05. The zero-order valence-corrected chi connectivity index (χ0v) is 13.1. The molecule has 6 nitrogen and oxygen atoms in total. The summed E-state index contributed by atoms with van der Waals surface area (Å²) >= 11 is 0. The van der Waals surface area contributed by atoms with Gasteiger partial charge in [-0.05, 0) is 6.26 Å². The largest absolute Gasteiger partial charge is 0.447 e. The van der Waals surface area contributed by atoms with Gasteiger partial charge < -0.3 is 9.84 Å². The zero-order chi connectivity index (χ0) is 15.1. The van der Waals surface area contributed by atoms with Crippen LogP contribution in [0, 0.1) is 5.92 Å². The van der Waals surface area contributed by atoms with Crippen molar-refractivity contribution in [1.82, 2.24) is 10.9 Å². The van der Waals surface area contributed by atoms with E-state index >= 15 is 0 Å². The lowest BCUT2D eigenvalue weighted by Gasteiger charge is -2.09. The van der Waals surface area contributed by atoms with Gasteiger partial charge in [0.15, 0.2) is 0 Å². The first kappa shape index (κ1) is 20.5. The lowest BCUT2D eigenvalue weighted by Crippen LogP contribution is -2.43. The maximum Gasteiger partial charge on any atom is 0.426 e. The normalized spacial score (nSPS) is 9.11. The first-order valence-electron chi connectivity index (χ1n) is 5.59. The molecule has 0 saturated carbocycles. The van der Waals surface area contributed by atoms with Crippen LogP contribution >= 0.6 is 21.6 Å². The minimum absolute atomic E-state index is 0.0833. The Balaban J connectivity index is 0. The van der Waals surface area contributed by atoms with Crippen LogP contribution in [0.1, 0.15) is 13.8 Å². The van der Waals surface area contributed by atoms with Gasteiger partial charge in [-0.2, -0.15) is 0 Å². The maximum atomic E-state index is 11.0. The number of carbonyl (C=O) groups is 2. The number of hydrazine groups is 1. The second kappa shape index (κ2) is 15.2. The fourth-order valence-electron chi connectivity index (χ4n) is 0.545. The molecule has 2 amide bonds. The number of carbonyl (C=O) groups excluding carboxylic acids is 2. The van der Waals surface area contributed by atoms with Crippen LogP contribution < -0.4 is 10.9 Å². The van der Waals surface area contributed by atoms with Gasteiger partial charge in [0.05, 0.1) is 6.61 Å². The molecule has 112 valence electrons. The number of ether oxygens (including phenoxy) is 1. The van der Waals surface area contributed by atoms with Crippen molar-refractivity contribution in [2.75, 3.05) is 25.2 Å². The third-order valence-corrected chi connectivity index (χ3v) is 3.24. The van der Waals surface area contributed by atoms with Gasteiger partial charge in [-0.25, -0.2) is 10.2 Å². The number of aliphatic hydroxyl groups excluding tert-OH is 1. The number of rotatable bonds is 6. The van der Waals surface area contributed by atoms with Gasteiger partial charge in [0, 0.05) is 11.7 Å². The lowest BCUT2D eigenvalue weighted by molar-refractivity contribution is -0.124. The minimum Gasteiger partial charge on any atom is -0.447 e. The number of aliphatic hydroxyl groups is 1. The molecule has 0 aliphatic rings. The van der Waals surface area contributed by atoms with Crippen molar-refractivity contribution in [3.05, 3.63) is 12.7 Å². The highest BCUT2D eigenvalue weighted by Gasteiger charge is 2.08. The SMILES string of the molecule is C=CCO.CSSCCOC(=O)NNC(=O)C(C)C. The summed E-state index contributed by atoms with van der Waals surface area (Å²) in [5.41, 5.74) is 4.41. The van der Waals surface area contributed by atoms with E-state index in [0.29, 0.717) is 6.61 Å². The van der Waals surface area contributed by atoms with Gasteiger partial charge in [0.1, 0.15) is 6.61 Å². The van der Waals surface area contributed by atoms with Crippen molar-refractivity contribution in [3.63, 3.8) is 0 Å². The third-order valence-electron chi connectivity index (χ3n) is 1.46. The quantitative estimate of drug-likeness (QED) is 0.299. The Hall–Kier alpha value is -0.860. The van der Waals surface area contributed by atoms with Crippen molar-refractivity contribution in [2.24, 2.45) is 5.92 Å². The number of hydrogen-bond donors (Lipinski definition) is 3. The molecule has 0 heterocycles. The fourth-order valence-corrected chi connectivity index (χ4v) is 1.57. The van der Waals surface area contributed by atoms with Crippen molar-refractivity contribution < 1.29 is 19.4 Å². The molecule has 0 atom stereocenters. The summed E-state index contributed by atoms with van der Waals surface area (Å²) in [4.78, 5) is 22.0. The summed E-state index contributed by atoms with van der Waals surface area (Å²) in [6, 6.07) is 0. The van der Waals surface area contributed by atoms with E-state index in [2.05, 4.69) is 17.4 Å². The van der Waals surface area contributed by atoms with Gasteiger partial charge in [-0.3, -0.25) is 10.2 Å². The Morgan fingerprint density at radius 2 is 2.00 bits per heavy atom. The van der Waals surface area contributed by atoms with E-state index in [1.807, 2.05) is 6.26 Å². The Kier molecular flexibility index (Phi) is 16.4. The third kappa shape index (κ3) is 17.1. The van der Waals surface area contributed by atoms with E-state index in [4.69, 9.17) is 9.84 Å². The van der Waals surface area contributed by atoms with E-state index in [1.54, 1.807) is 35.4 Å². The Bertz CT molecular complexity index is 263. The molecule has 0 aliphatic carbocycles. The average molecular weight is 310 g/mol. The van der Waals surface area contributed by atoms with E-state index in [1.165, 1.54) is 6.08 Å². The maximum absolute atomic E-state index is 11.0. The van der Waals surface area contributed by atoms with E-state index in [-0.39, 0.29) is 18.4 Å². The van der Waals surface area contributed by atoms with Gasteiger partial charge >= 0.3 is 6.09 Å². The molecule has 0 aliphatic heterocycles. The van der Waals surface area contributed by atoms with Crippen LogP contribution in [-0.4, -0.2) is 42.3 Å². The average Bonchev–Trinajstić information content (AvgIpc) is 2.41. The molecule has 0 bridgehead atoms. The second-order valence-electron chi connectivity index (χ2n) is 3.36. The standard InChI is InChI=1S/C8H16N2O3S2.C3H6O/c1-6(2)7(11)9-10-8(12)13-4-5-15-14-3;1-2-3-4/h6H,4-5H2,1-3H3,(H,9,11)(H,10,12);2,4H,1,3H2. The number of nitrogens with one attached hydrogen (secondary N) is 2. The van der Waals surface area contributed by atoms with E-state index in [0.717, 1.165) is 5.75 Å². The van der Waals surface area contributed by atoms with Crippen LogP contribution in [0.5, 0.6) is 0 Å². The molecule has 0 radical (unpaired) electrons. The number of hydrogen-bond acceptors (Lipinski definition) is 6. The topological polar surface area (TPSA) is 87.7 Å². The minimum atomic E-state index is -0.634. The zero-order valence-electron chi connectivity index (χ0n) is 11.5. The molecule has 0 aromatic rings. The molecule has 0 unspecified atom stereocenters. The smallest absolute Gasteiger partial charge is 0.426 e. The van der Waals surface area contributed by atoms with Crippen LogP contribution in [0.3, 0.4) is 0 Å². The molecule has 0 aromatic heterocycles. The molecular weight excluding hydrogens is 288 g/mol. The molecule has 19 heavy (non-hydrogen) atoms. The molecule has 8 heteroatoms. The monoisotopic (exact) mass is 310 g/mol. The molecule has 0 rings (SSSR count). The summed E-state index contributed by atoms with van der Waals surface area (Å²) in [6.07, 6.45) is 2.75. The van der Waals surface area contributed by atoms with Crippen LogP contribution in [0.25, 0.3) is 0 Å². The Labute approximate surface area is 122 Å². The highest BCUT2D eigenvalue weighted by Crippen LogP contribution is 2.15. The number of amides is 2. The van der Waals surface area contributed by atoms with Gasteiger partial charge in [0.2, 0.25) is 5.91 Å². The molecule has 0 fully saturated rings. The predicted octanol–water partition coefficient (Wildman–Crippen LogP) is 1.58. The summed E-state index contributed by atoms with van der Waals surface area (Å²) in [5, 5.41) is 7.76. The van der Waals surface area contributed by atoms with Crippen LogP contribution in [0.15, 0.2) is 12.7 Å². The first-order valence-corrected chi connectivity index (χ1v) is 8.32. The molecule has 0 aromatic carbocycles. The Morgan fingerprint density at radius 3 is 2.42 bits per heavy atom. The van der Waals surface area contributed by atoms with Crippen molar-refractivity contribution in [1.29, 1.82) is 0 Å². The first-order chi connectivity index (χ1) is 8.99. The van der Waals surface area contributed by atoms with E-state index in [9.17, 15) is 9.59 Å².